The quantitative estimate of drug-likeness (QED) is 0.596. The average molecular weight is 318 g/mol. The molecule has 0 heterocycles. The van der Waals surface area contributed by atoms with Crippen LogP contribution in [0, 0.1) is 21.8 Å². The number of hydrogen-bond donors (Lipinski definition) is 0. The van der Waals surface area contributed by atoms with Gasteiger partial charge in [0.25, 0.3) is 0 Å². The number of hydrogen-bond acceptors (Lipinski definition) is 4. The second-order valence-electron chi connectivity index (χ2n) is 5.37. The number of nitro groups is 1. The molecule has 1 aromatic carbocycles. The zero-order valence-corrected chi connectivity index (χ0v) is 13.2. The van der Waals surface area contributed by atoms with E-state index in [-0.39, 0.29) is 10.9 Å². The molecule has 1 atom stereocenters. The summed E-state index contributed by atoms with van der Waals surface area (Å²) in [4.78, 5) is 9.37. The number of nitrogens with zero attached hydrogens (tertiary/aromatic N) is 2. The fourth-order valence-electron chi connectivity index (χ4n) is 2.03. The normalized spacial score (nSPS) is 13.7. The molecule has 0 aliphatic rings. The van der Waals surface area contributed by atoms with Crippen molar-refractivity contribution in [3.05, 3.63) is 34.1 Å². The number of nitro benzene ring substituents is 1. The lowest BCUT2D eigenvalue weighted by Crippen LogP contribution is -2.35. The molecular formula is C13H19FN2O4S. The molecular weight excluding hydrogens is 299 g/mol. The third-order valence-corrected chi connectivity index (χ3v) is 5.19. The lowest BCUT2D eigenvalue weighted by Gasteiger charge is -2.25. The number of rotatable bonds is 6. The van der Waals surface area contributed by atoms with Crippen molar-refractivity contribution in [2.75, 3.05) is 7.05 Å². The van der Waals surface area contributed by atoms with Crippen molar-refractivity contribution in [3.8, 4) is 0 Å². The average Bonchev–Trinajstić information content (AvgIpc) is 2.36. The molecule has 0 radical (unpaired) electrons. The highest BCUT2D eigenvalue weighted by atomic mass is 32.2. The molecule has 0 bridgehead atoms. The fraction of sp³-hybridized carbons (Fsp3) is 0.538. The van der Waals surface area contributed by atoms with Gasteiger partial charge in [0.05, 0.1) is 9.82 Å². The molecule has 118 valence electrons. The van der Waals surface area contributed by atoms with Gasteiger partial charge in [-0.2, -0.15) is 8.70 Å². The van der Waals surface area contributed by atoms with E-state index >= 15 is 0 Å². The first-order valence-corrected chi connectivity index (χ1v) is 7.93. The van der Waals surface area contributed by atoms with Crippen LogP contribution in [-0.4, -0.2) is 30.7 Å². The van der Waals surface area contributed by atoms with Crippen LogP contribution in [0.15, 0.2) is 23.1 Å². The Hall–Kier alpha value is -1.54. The third kappa shape index (κ3) is 3.98. The summed E-state index contributed by atoms with van der Waals surface area (Å²) in [6.45, 7) is 5.71. The molecule has 1 rings (SSSR count). The molecule has 1 aromatic rings. The maximum atomic E-state index is 13.6. The highest BCUT2D eigenvalue weighted by Gasteiger charge is 2.27. The zero-order chi connectivity index (χ0) is 16.4. The van der Waals surface area contributed by atoms with E-state index in [2.05, 4.69) is 0 Å². The Balaban J connectivity index is 3.13. The molecule has 0 aliphatic heterocycles. The van der Waals surface area contributed by atoms with Gasteiger partial charge >= 0.3 is 5.69 Å². The smallest absolute Gasteiger partial charge is 0.258 e. The molecule has 1 unspecified atom stereocenters. The lowest BCUT2D eigenvalue weighted by molar-refractivity contribution is -0.387. The second kappa shape index (κ2) is 6.48. The summed E-state index contributed by atoms with van der Waals surface area (Å²) in [5.74, 6) is -0.850. The first-order valence-electron chi connectivity index (χ1n) is 6.49. The van der Waals surface area contributed by atoms with E-state index in [1.54, 1.807) is 6.92 Å². The Morgan fingerprint density at radius 1 is 1.33 bits per heavy atom. The van der Waals surface area contributed by atoms with Gasteiger partial charge in [-0.1, -0.05) is 13.8 Å². The van der Waals surface area contributed by atoms with E-state index < -0.39 is 26.5 Å². The Labute approximate surface area is 123 Å². The van der Waals surface area contributed by atoms with Crippen molar-refractivity contribution < 1.29 is 17.7 Å². The number of benzene rings is 1. The summed E-state index contributed by atoms with van der Waals surface area (Å²) in [7, 11) is -2.46. The lowest BCUT2D eigenvalue weighted by atomic mass is 10.1. The van der Waals surface area contributed by atoms with Crippen LogP contribution in [0.1, 0.15) is 27.2 Å². The molecule has 0 spiro atoms. The van der Waals surface area contributed by atoms with E-state index in [1.165, 1.54) is 7.05 Å². The highest BCUT2D eigenvalue weighted by Crippen LogP contribution is 2.24. The molecule has 0 aliphatic carbocycles. The molecule has 0 aromatic heterocycles. The van der Waals surface area contributed by atoms with Crippen molar-refractivity contribution >= 4 is 15.7 Å². The Morgan fingerprint density at radius 3 is 2.33 bits per heavy atom. The number of sulfonamides is 1. The third-order valence-electron chi connectivity index (χ3n) is 3.23. The van der Waals surface area contributed by atoms with Gasteiger partial charge in [-0.25, -0.2) is 8.42 Å². The largest absolute Gasteiger partial charge is 0.304 e. The maximum absolute atomic E-state index is 13.6. The summed E-state index contributed by atoms with van der Waals surface area (Å²) >= 11 is 0. The Kier molecular flexibility index (Phi) is 5.41. The van der Waals surface area contributed by atoms with Crippen molar-refractivity contribution in [3.63, 3.8) is 0 Å². The van der Waals surface area contributed by atoms with Crippen molar-refractivity contribution in [1.29, 1.82) is 0 Å². The van der Waals surface area contributed by atoms with Crippen LogP contribution in [0.3, 0.4) is 0 Å². The van der Waals surface area contributed by atoms with Crippen LogP contribution in [0.4, 0.5) is 10.1 Å². The van der Waals surface area contributed by atoms with E-state index in [0.29, 0.717) is 18.4 Å². The minimum Gasteiger partial charge on any atom is -0.258 e. The van der Waals surface area contributed by atoms with E-state index in [4.69, 9.17) is 0 Å². The molecule has 0 saturated carbocycles. The minimum atomic E-state index is -3.88. The van der Waals surface area contributed by atoms with Crippen molar-refractivity contribution in [2.24, 2.45) is 5.92 Å². The molecule has 6 nitrogen and oxygen atoms in total. The van der Waals surface area contributed by atoms with Crippen molar-refractivity contribution in [2.45, 2.75) is 38.1 Å². The van der Waals surface area contributed by atoms with Gasteiger partial charge in [0.2, 0.25) is 15.8 Å². The van der Waals surface area contributed by atoms with Gasteiger partial charge in [0, 0.05) is 25.2 Å². The van der Waals surface area contributed by atoms with Crippen LogP contribution in [0.5, 0.6) is 0 Å². The van der Waals surface area contributed by atoms with E-state index in [0.717, 1.165) is 16.4 Å². The molecule has 0 N–H and O–H groups in total. The van der Waals surface area contributed by atoms with Gasteiger partial charge in [-0.3, -0.25) is 10.1 Å². The van der Waals surface area contributed by atoms with E-state index in [9.17, 15) is 22.9 Å². The molecule has 0 fully saturated rings. The Bertz CT molecular complexity index is 631. The summed E-state index contributed by atoms with van der Waals surface area (Å²) in [5, 5.41) is 10.6. The number of halogens is 1. The van der Waals surface area contributed by atoms with Crippen LogP contribution >= 0.6 is 0 Å². The van der Waals surface area contributed by atoms with Crippen LogP contribution < -0.4 is 0 Å². The second-order valence-corrected chi connectivity index (χ2v) is 7.37. The predicted octanol–water partition coefficient (Wildman–Crippen LogP) is 2.79. The maximum Gasteiger partial charge on any atom is 0.304 e. The van der Waals surface area contributed by atoms with Gasteiger partial charge in [0.1, 0.15) is 0 Å². The molecule has 0 amide bonds. The van der Waals surface area contributed by atoms with Gasteiger partial charge < -0.3 is 0 Å². The van der Waals surface area contributed by atoms with Crippen molar-refractivity contribution in [1.82, 2.24) is 4.31 Å². The van der Waals surface area contributed by atoms with E-state index in [1.807, 2.05) is 13.8 Å². The van der Waals surface area contributed by atoms with Gasteiger partial charge in [-0.05, 0) is 25.3 Å². The SMILES string of the molecule is CC(C)CC(C)N(C)S(=O)(=O)c1ccc([N+](=O)[O-])c(F)c1. The molecule has 0 saturated heterocycles. The monoisotopic (exact) mass is 318 g/mol. The highest BCUT2D eigenvalue weighted by molar-refractivity contribution is 7.89. The minimum absolute atomic E-state index is 0.256. The summed E-state index contributed by atoms with van der Waals surface area (Å²) in [6, 6.07) is 2.35. The topological polar surface area (TPSA) is 80.5 Å². The zero-order valence-electron chi connectivity index (χ0n) is 12.4. The predicted molar refractivity (Wildman–Crippen MR) is 76.9 cm³/mol. The summed E-state index contributed by atoms with van der Waals surface area (Å²) in [6.07, 6.45) is 0.658. The standard InChI is InChI=1S/C13H19FN2O4S/c1-9(2)7-10(3)15(4)21(19,20)11-5-6-13(16(17)18)12(14)8-11/h5-6,8-10H,7H2,1-4H3. The summed E-state index contributed by atoms with van der Waals surface area (Å²) in [5.41, 5.74) is -0.744. The van der Waals surface area contributed by atoms with Crippen LogP contribution in [-0.2, 0) is 10.0 Å². The molecule has 21 heavy (non-hydrogen) atoms. The summed E-state index contributed by atoms with van der Waals surface area (Å²) < 4.78 is 39.5. The van der Waals surface area contributed by atoms with Crippen LogP contribution in [0.25, 0.3) is 0 Å². The van der Waals surface area contributed by atoms with Crippen LogP contribution in [0.2, 0.25) is 0 Å². The van der Waals surface area contributed by atoms with Gasteiger partial charge in [0.15, 0.2) is 0 Å². The first-order chi connectivity index (χ1) is 9.57. The first kappa shape index (κ1) is 17.5. The fourth-order valence-corrected chi connectivity index (χ4v) is 3.41. The Morgan fingerprint density at radius 2 is 1.90 bits per heavy atom. The van der Waals surface area contributed by atoms with Gasteiger partial charge in [-0.15, -0.1) is 0 Å². The molecule has 8 heteroatoms.